The molecule has 0 aliphatic heterocycles. The van der Waals surface area contributed by atoms with Gasteiger partial charge >= 0.3 is 5.97 Å². The maximum atomic E-state index is 12.1. The van der Waals surface area contributed by atoms with Gasteiger partial charge in [0.1, 0.15) is 0 Å². The van der Waals surface area contributed by atoms with Crippen molar-refractivity contribution in [2.24, 2.45) is 0 Å². The Labute approximate surface area is 367 Å². The number of ether oxygens (including phenoxy) is 1. The molecule has 0 unspecified atom stereocenters. The summed E-state index contributed by atoms with van der Waals surface area (Å²) in [7, 11) is 0. The minimum atomic E-state index is 0.0267. The van der Waals surface area contributed by atoms with Gasteiger partial charge in [-0.2, -0.15) is 0 Å². The molecule has 0 saturated heterocycles. The van der Waals surface area contributed by atoms with Crippen LogP contribution in [-0.4, -0.2) is 12.6 Å². The molecule has 0 aromatic rings. The molecule has 0 radical (unpaired) electrons. The van der Waals surface area contributed by atoms with Crippen molar-refractivity contribution in [1.82, 2.24) is 0 Å². The van der Waals surface area contributed by atoms with Gasteiger partial charge in [0.25, 0.3) is 0 Å². The zero-order chi connectivity index (χ0) is 41.8. The molecule has 0 amide bonds. The van der Waals surface area contributed by atoms with Gasteiger partial charge in [0.2, 0.25) is 0 Å². The number of carbonyl (C=O) groups is 1. The molecule has 0 aromatic carbocycles. The highest BCUT2D eigenvalue weighted by Crippen LogP contribution is 2.18. The molecule has 0 aliphatic carbocycles. The van der Waals surface area contributed by atoms with E-state index in [0.717, 1.165) is 12.8 Å². The third-order valence-corrected chi connectivity index (χ3v) is 12.9. The Morgan fingerprint density at radius 3 is 0.741 bits per heavy atom. The first-order chi connectivity index (χ1) is 28.8. The zero-order valence-electron chi connectivity index (χ0n) is 40.5. The van der Waals surface area contributed by atoms with E-state index in [1.165, 1.54) is 302 Å². The zero-order valence-corrected chi connectivity index (χ0v) is 40.5. The predicted molar refractivity (Wildman–Crippen MR) is 262 cm³/mol. The van der Waals surface area contributed by atoms with E-state index < -0.39 is 0 Å². The quantitative estimate of drug-likeness (QED) is 0.0347. The van der Waals surface area contributed by atoms with Crippen molar-refractivity contribution >= 4 is 5.97 Å². The Bertz CT molecular complexity index is 758. The van der Waals surface area contributed by atoms with Crippen LogP contribution in [0.15, 0.2) is 12.2 Å². The van der Waals surface area contributed by atoms with Gasteiger partial charge in [0.05, 0.1) is 6.61 Å². The molecule has 0 saturated carbocycles. The fourth-order valence-electron chi connectivity index (χ4n) is 8.78. The van der Waals surface area contributed by atoms with E-state index in [4.69, 9.17) is 4.74 Å². The highest BCUT2D eigenvalue weighted by Gasteiger charge is 2.03. The number of carbonyl (C=O) groups excluding carboxylic acids is 1. The van der Waals surface area contributed by atoms with Gasteiger partial charge in [-0.05, 0) is 38.5 Å². The molecule has 0 aliphatic rings. The Hall–Kier alpha value is -0.790. The third-order valence-electron chi connectivity index (χ3n) is 12.9. The second-order valence-corrected chi connectivity index (χ2v) is 18.9. The second kappa shape index (κ2) is 54.2. The molecule has 346 valence electrons. The van der Waals surface area contributed by atoms with Crippen molar-refractivity contribution in [3.63, 3.8) is 0 Å². The van der Waals surface area contributed by atoms with Crippen LogP contribution < -0.4 is 0 Å². The van der Waals surface area contributed by atoms with Crippen LogP contribution in [0.1, 0.15) is 335 Å². The van der Waals surface area contributed by atoms with Crippen molar-refractivity contribution in [3.05, 3.63) is 12.2 Å². The van der Waals surface area contributed by atoms with Gasteiger partial charge in [0, 0.05) is 6.42 Å². The van der Waals surface area contributed by atoms with Crippen molar-refractivity contribution < 1.29 is 9.53 Å². The molecule has 0 aromatic heterocycles. The minimum absolute atomic E-state index is 0.0267. The third kappa shape index (κ3) is 53.2. The molecule has 58 heavy (non-hydrogen) atoms. The molecule has 0 fully saturated rings. The molecule has 2 nitrogen and oxygen atoms in total. The predicted octanol–water partition coefficient (Wildman–Crippen LogP) is 20.6. The average Bonchev–Trinajstić information content (AvgIpc) is 3.23. The van der Waals surface area contributed by atoms with Gasteiger partial charge < -0.3 is 4.74 Å². The van der Waals surface area contributed by atoms with Gasteiger partial charge in [-0.1, -0.05) is 302 Å². The SMILES string of the molecule is CCCCCCCC/C=C\CCCCCCCCOC(=O)CCCCCCCCCCCCCCCCCCCCCCCCCCCCCCCCCCCCC. The molecular formula is C56H110O2. The number of hydrogen-bond donors (Lipinski definition) is 0. The summed E-state index contributed by atoms with van der Waals surface area (Å²) in [6, 6.07) is 0. The number of allylic oxidation sites excluding steroid dienone is 2. The summed E-state index contributed by atoms with van der Waals surface area (Å²) >= 11 is 0. The van der Waals surface area contributed by atoms with E-state index >= 15 is 0 Å². The lowest BCUT2D eigenvalue weighted by atomic mass is 10.0. The van der Waals surface area contributed by atoms with Crippen LogP contribution in [0.2, 0.25) is 0 Å². The lowest BCUT2D eigenvalue weighted by Gasteiger charge is -2.06. The standard InChI is InChI=1S/C56H110O2/c1-3-5-7-9-11-13-15-17-19-21-22-23-24-25-26-27-28-29-30-31-32-33-34-35-36-37-38-39-40-42-44-46-48-50-52-54-56(57)58-55-53-51-49-47-45-43-41-20-18-16-14-12-10-8-6-4-2/h18,20H,3-17,19,21-55H2,1-2H3/b20-18-. The summed E-state index contributed by atoms with van der Waals surface area (Å²) in [5.41, 5.74) is 0. The summed E-state index contributed by atoms with van der Waals surface area (Å²) in [5, 5.41) is 0. The fourth-order valence-corrected chi connectivity index (χ4v) is 8.78. The van der Waals surface area contributed by atoms with E-state index in [1.807, 2.05) is 0 Å². The lowest BCUT2D eigenvalue weighted by molar-refractivity contribution is -0.143. The summed E-state index contributed by atoms with van der Waals surface area (Å²) in [4.78, 5) is 12.1. The molecular weight excluding hydrogens is 705 g/mol. The summed E-state index contributed by atoms with van der Waals surface area (Å²) < 4.78 is 5.49. The Morgan fingerprint density at radius 2 is 0.483 bits per heavy atom. The first-order valence-electron chi connectivity index (χ1n) is 27.6. The topological polar surface area (TPSA) is 26.3 Å². The van der Waals surface area contributed by atoms with Gasteiger partial charge in [0.15, 0.2) is 0 Å². The second-order valence-electron chi connectivity index (χ2n) is 18.9. The first-order valence-corrected chi connectivity index (χ1v) is 27.6. The number of rotatable bonds is 52. The van der Waals surface area contributed by atoms with Crippen LogP contribution in [0, 0.1) is 0 Å². The largest absolute Gasteiger partial charge is 0.466 e. The van der Waals surface area contributed by atoms with Crippen molar-refractivity contribution in [3.8, 4) is 0 Å². The van der Waals surface area contributed by atoms with Crippen LogP contribution in [0.3, 0.4) is 0 Å². The number of unbranched alkanes of at least 4 members (excludes halogenated alkanes) is 46. The molecule has 0 spiro atoms. The van der Waals surface area contributed by atoms with Gasteiger partial charge in [-0.3, -0.25) is 4.79 Å². The van der Waals surface area contributed by atoms with E-state index in [2.05, 4.69) is 26.0 Å². The maximum absolute atomic E-state index is 12.1. The van der Waals surface area contributed by atoms with Crippen LogP contribution in [-0.2, 0) is 9.53 Å². The van der Waals surface area contributed by atoms with Crippen LogP contribution in [0.5, 0.6) is 0 Å². The Kier molecular flexibility index (Phi) is 53.5. The molecule has 2 heteroatoms. The monoisotopic (exact) mass is 815 g/mol. The highest BCUT2D eigenvalue weighted by atomic mass is 16.5. The van der Waals surface area contributed by atoms with E-state index in [9.17, 15) is 4.79 Å². The minimum Gasteiger partial charge on any atom is -0.466 e. The van der Waals surface area contributed by atoms with E-state index in [1.54, 1.807) is 0 Å². The van der Waals surface area contributed by atoms with Crippen LogP contribution in [0.25, 0.3) is 0 Å². The molecule has 0 atom stereocenters. The summed E-state index contributed by atoms with van der Waals surface area (Å²) in [6.07, 6.45) is 73.9. The van der Waals surface area contributed by atoms with Crippen LogP contribution >= 0.6 is 0 Å². The Balaban J connectivity index is 3.15. The summed E-state index contributed by atoms with van der Waals surface area (Å²) in [5.74, 6) is 0.0267. The fraction of sp³-hybridized carbons (Fsp3) is 0.946. The summed E-state index contributed by atoms with van der Waals surface area (Å²) in [6.45, 7) is 5.22. The molecule has 0 rings (SSSR count). The van der Waals surface area contributed by atoms with Gasteiger partial charge in [-0.15, -0.1) is 0 Å². The van der Waals surface area contributed by atoms with Crippen molar-refractivity contribution in [2.75, 3.05) is 6.61 Å². The normalized spacial score (nSPS) is 11.7. The van der Waals surface area contributed by atoms with Crippen LogP contribution in [0.4, 0.5) is 0 Å². The van der Waals surface area contributed by atoms with Crippen molar-refractivity contribution in [1.29, 1.82) is 0 Å². The van der Waals surface area contributed by atoms with E-state index in [-0.39, 0.29) is 5.97 Å². The molecule has 0 bridgehead atoms. The van der Waals surface area contributed by atoms with Crippen molar-refractivity contribution in [2.45, 2.75) is 335 Å². The number of esters is 1. The Morgan fingerprint density at radius 1 is 0.276 bits per heavy atom. The molecule has 0 N–H and O–H groups in total. The smallest absolute Gasteiger partial charge is 0.305 e. The molecule has 0 heterocycles. The van der Waals surface area contributed by atoms with E-state index in [0.29, 0.717) is 13.0 Å². The average molecular weight is 815 g/mol. The lowest BCUT2D eigenvalue weighted by Crippen LogP contribution is -2.05. The first kappa shape index (κ1) is 57.2. The highest BCUT2D eigenvalue weighted by molar-refractivity contribution is 5.69. The van der Waals surface area contributed by atoms with Gasteiger partial charge in [-0.25, -0.2) is 0 Å². The maximum Gasteiger partial charge on any atom is 0.305 e. The number of hydrogen-bond acceptors (Lipinski definition) is 2.